The van der Waals surface area contributed by atoms with Crippen LogP contribution >= 0.6 is 0 Å². The third-order valence-corrected chi connectivity index (χ3v) is 3.36. The zero-order chi connectivity index (χ0) is 12.8. The molecule has 0 spiro atoms. The first-order valence-electron chi connectivity index (χ1n) is 6.16. The van der Waals surface area contributed by atoms with Crippen LogP contribution in [0.3, 0.4) is 0 Å². The molecule has 0 saturated carbocycles. The number of aromatic nitrogens is 2. The van der Waals surface area contributed by atoms with Gasteiger partial charge in [0, 0.05) is 18.8 Å². The largest absolute Gasteiger partial charge is 0.272 e. The summed E-state index contributed by atoms with van der Waals surface area (Å²) in [5.41, 5.74) is 6.61. The molecular formula is C13H24N4. The minimum absolute atomic E-state index is 0.354. The summed E-state index contributed by atoms with van der Waals surface area (Å²) in [6.45, 7) is 7.92. The number of nitrogens with one attached hydrogen (secondary N) is 1. The molecule has 0 amide bonds. The van der Waals surface area contributed by atoms with Crippen molar-refractivity contribution in [3.63, 3.8) is 0 Å². The summed E-state index contributed by atoms with van der Waals surface area (Å²) < 4.78 is 1.94. The van der Waals surface area contributed by atoms with Crippen LogP contribution in [0.5, 0.6) is 0 Å². The van der Waals surface area contributed by atoms with E-state index in [1.165, 1.54) is 11.3 Å². The molecule has 1 unspecified atom stereocenters. The number of aryl methyl sites for hydroxylation is 2. The van der Waals surface area contributed by atoms with Gasteiger partial charge >= 0.3 is 0 Å². The SMILES string of the molecule is C=CCCC(CCc1c(C)nn(C)c1C)NN. The topological polar surface area (TPSA) is 55.9 Å². The lowest BCUT2D eigenvalue weighted by Gasteiger charge is -2.14. The second-order valence-electron chi connectivity index (χ2n) is 4.54. The van der Waals surface area contributed by atoms with Crippen LogP contribution in [-0.4, -0.2) is 15.8 Å². The molecule has 1 atom stereocenters. The van der Waals surface area contributed by atoms with E-state index in [2.05, 4.69) is 31.0 Å². The number of hydrogen-bond donors (Lipinski definition) is 2. The molecule has 0 radical (unpaired) electrons. The highest BCUT2D eigenvalue weighted by Gasteiger charge is 2.12. The van der Waals surface area contributed by atoms with E-state index in [9.17, 15) is 0 Å². The van der Waals surface area contributed by atoms with Crippen LogP contribution < -0.4 is 11.3 Å². The maximum atomic E-state index is 5.55. The predicted octanol–water partition coefficient (Wildman–Crippen LogP) is 1.77. The first kappa shape index (κ1) is 13.9. The Kier molecular flexibility index (Phi) is 5.38. The van der Waals surface area contributed by atoms with E-state index in [-0.39, 0.29) is 0 Å². The highest BCUT2D eigenvalue weighted by atomic mass is 15.3. The minimum atomic E-state index is 0.354. The van der Waals surface area contributed by atoms with Gasteiger partial charge in [-0.3, -0.25) is 16.0 Å². The van der Waals surface area contributed by atoms with E-state index < -0.39 is 0 Å². The summed E-state index contributed by atoms with van der Waals surface area (Å²) in [5.74, 6) is 5.55. The van der Waals surface area contributed by atoms with Crippen LogP contribution in [-0.2, 0) is 13.5 Å². The van der Waals surface area contributed by atoms with Gasteiger partial charge in [0.05, 0.1) is 5.69 Å². The van der Waals surface area contributed by atoms with Gasteiger partial charge in [0.1, 0.15) is 0 Å². The highest BCUT2D eigenvalue weighted by Crippen LogP contribution is 2.16. The van der Waals surface area contributed by atoms with Gasteiger partial charge in [0.2, 0.25) is 0 Å². The summed E-state index contributed by atoms with van der Waals surface area (Å²) in [6, 6.07) is 0.354. The lowest BCUT2D eigenvalue weighted by molar-refractivity contribution is 0.466. The molecule has 1 heterocycles. The van der Waals surface area contributed by atoms with Crippen LogP contribution in [0, 0.1) is 13.8 Å². The fraction of sp³-hybridized carbons (Fsp3) is 0.615. The molecule has 0 aliphatic rings. The minimum Gasteiger partial charge on any atom is -0.272 e. The number of rotatable bonds is 7. The summed E-state index contributed by atoms with van der Waals surface area (Å²) >= 11 is 0. The van der Waals surface area contributed by atoms with E-state index in [1.54, 1.807) is 0 Å². The average molecular weight is 236 g/mol. The van der Waals surface area contributed by atoms with E-state index in [0.29, 0.717) is 6.04 Å². The Morgan fingerprint density at radius 2 is 2.18 bits per heavy atom. The Hall–Kier alpha value is -1.13. The van der Waals surface area contributed by atoms with E-state index >= 15 is 0 Å². The first-order chi connectivity index (χ1) is 8.10. The van der Waals surface area contributed by atoms with Crippen LogP contribution in [0.15, 0.2) is 12.7 Å². The van der Waals surface area contributed by atoms with Crippen molar-refractivity contribution in [2.24, 2.45) is 12.9 Å². The molecule has 3 N–H and O–H groups in total. The molecule has 4 heteroatoms. The average Bonchev–Trinajstić information content (AvgIpc) is 2.55. The van der Waals surface area contributed by atoms with Crippen LogP contribution in [0.2, 0.25) is 0 Å². The second kappa shape index (κ2) is 6.57. The third kappa shape index (κ3) is 3.68. The standard InChI is InChI=1S/C13H24N4/c1-5-6-7-12(15-14)8-9-13-10(2)16-17(4)11(13)3/h5,12,15H,1,6-9,14H2,2-4H3. The monoisotopic (exact) mass is 236 g/mol. The summed E-state index contributed by atoms with van der Waals surface area (Å²) in [4.78, 5) is 0. The second-order valence-corrected chi connectivity index (χ2v) is 4.54. The third-order valence-electron chi connectivity index (χ3n) is 3.36. The molecule has 0 saturated heterocycles. The Balaban J connectivity index is 2.56. The van der Waals surface area contributed by atoms with Crippen LogP contribution in [0.1, 0.15) is 36.2 Å². The fourth-order valence-electron chi connectivity index (χ4n) is 2.13. The van der Waals surface area contributed by atoms with Crippen molar-refractivity contribution >= 4 is 0 Å². The summed E-state index contributed by atoms with van der Waals surface area (Å²) in [6.07, 6.45) is 6.04. The molecule has 1 aromatic rings. The summed E-state index contributed by atoms with van der Waals surface area (Å²) in [5, 5.41) is 4.43. The van der Waals surface area contributed by atoms with Gasteiger partial charge in [-0.1, -0.05) is 6.08 Å². The first-order valence-corrected chi connectivity index (χ1v) is 6.16. The van der Waals surface area contributed by atoms with Gasteiger partial charge in [-0.15, -0.1) is 6.58 Å². The molecule has 1 rings (SSSR count). The zero-order valence-corrected chi connectivity index (χ0v) is 11.2. The lowest BCUT2D eigenvalue weighted by Crippen LogP contribution is -2.35. The van der Waals surface area contributed by atoms with Gasteiger partial charge < -0.3 is 0 Å². The van der Waals surface area contributed by atoms with Crippen molar-refractivity contribution in [3.05, 3.63) is 29.6 Å². The fourth-order valence-corrected chi connectivity index (χ4v) is 2.13. The molecule has 96 valence electrons. The number of nitrogens with two attached hydrogens (primary N) is 1. The van der Waals surface area contributed by atoms with Crippen molar-refractivity contribution in [2.75, 3.05) is 0 Å². The maximum absolute atomic E-state index is 5.55. The molecule has 0 aliphatic heterocycles. The normalized spacial score (nSPS) is 12.7. The number of hydrazine groups is 1. The molecule has 17 heavy (non-hydrogen) atoms. The van der Waals surface area contributed by atoms with E-state index in [0.717, 1.165) is 31.4 Å². The van der Waals surface area contributed by atoms with E-state index in [1.807, 2.05) is 17.8 Å². The Morgan fingerprint density at radius 3 is 2.65 bits per heavy atom. The van der Waals surface area contributed by atoms with Gasteiger partial charge in [-0.25, -0.2) is 0 Å². The highest BCUT2D eigenvalue weighted by molar-refractivity contribution is 5.24. The molecule has 0 fully saturated rings. The van der Waals surface area contributed by atoms with Gasteiger partial charge in [-0.2, -0.15) is 5.10 Å². The van der Waals surface area contributed by atoms with Gasteiger partial charge in [0.15, 0.2) is 0 Å². The smallest absolute Gasteiger partial charge is 0.0628 e. The summed E-state index contributed by atoms with van der Waals surface area (Å²) in [7, 11) is 1.99. The molecular weight excluding hydrogens is 212 g/mol. The van der Waals surface area contributed by atoms with Crippen LogP contribution in [0.4, 0.5) is 0 Å². The van der Waals surface area contributed by atoms with Crippen molar-refractivity contribution in [1.82, 2.24) is 15.2 Å². The molecule has 4 nitrogen and oxygen atoms in total. The van der Waals surface area contributed by atoms with Crippen molar-refractivity contribution in [1.29, 1.82) is 0 Å². The predicted molar refractivity (Wildman–Crippen MR) is 71.5 cm³/mol. The maximum Gasteiger partial charge on any atom is 0.0628 e. The lowest BCUT2D eigenvalue weighted by atomic mass is 10.0. The van der Waals surface area contributed by atoms with Gasteiger partial charge in [0.25, 0.3) is 0 Å². The Morgan fingerprint density at radius 1 is 1.47 bits per heavy atom. The number of hydrogen-bond acceptors (Lipinski definition) is 3. The Labute approximate surface area is 104 Å². The van der Waals surface area contributed by atoms with E-state index in [4.69, 9.17) is 5.84 Å². The van der Waals surface area contributed by atoms with Crippen LogP contribution in [0.25, 0.3) is 0 Å². The molecule has 0 bridgehead atoms. The molecule has 1 aromatic heterocycles. The van der Waals surface area contributed by atoms with Crippen molar-refractivity contribution in [2.45, 2.75) is 45.6 Å². The number of allylic oxidation sites excluding steroid dienone is 1. The molecule has 0 aromatic carbocycles. The molecule has 0 aliphatic carbocycles. The van der Waals surface area contributed by atoms with Crippen molar-refractivity contribution in [3.8, 4) is 0 Å². The quantitative estimate of drug-likeness (QED) is 0.431. The van der Waals surface area contributed by atoms with Crippen molar-refractivity contribution < 1.29 is 0 Å². The Bertz CT molecular complexity index is 368. The number of nitrogens with zero attached hydrogens (tertiary/aromatic N) is 2. The van der Waals surface area contributed by atoms with Gasteiger partial charge in [-0.05, 0) is 45.1 Å². The zero-order valence-electron chi connectivity index (χ0n) is 11.2.